The summed E-state index contributed by atoms with van der Waals surface area (Å²) in [6.07, 6.45) is 7.54. The summed E-state index contributed by atoms with van der Waals surface area (Å²) in [6, 6.07) is 0. The Hall–Kier alpha value is -0.450. The molecule has 1 aliphatic heterocycles. The smallest absolute Gasteiger partial charge is 0.113 e. The Morgan fingerprint density at radius 3 is 2.68 bits per heavy atom. The van der Waals surface area contributed by atoms with Gasteiger partial charge in [-0.2, -0.15) is 0 Å². The molecule has 1 saturated heterocycles. The molecule has 1 aromatic heterocycles. The second-order valence-electron chi connectivity index (χ2n) is 6.01. The molecule has 0 saturated carbocycles. The maximum Gasteiger partial charge on any atom is 0.113 e. The van der Waals surface area contributed by atoms with Crippen LogP contribution in [-0.2, 0) is 18.4 Å². The number of hydrogen-bond acceptors (Lipinski definition) is 4. The van der Waals surface area contributed by atoms with Gasteiger partial charge in [0.05, 0.1) is 11.2 Å². The lowest BCUT2D eigenvalue weighted by molar-refractivity contribution is 0.158. The molecule has 106 valence electrons. The van der Waals surface area contributed by atoms with Crippen molar-refractivity contribution >= 4 is 11.3 Å². The zero-order valence-electron chi connectivity index (χ0n) is 12.2. The Bertz CT molecular complexity index is 409. The molecule has 1 fully saturated rings. The first-order valence-corrected chi connectivity index (χ1v) is 8.48. The average molecular weight is 279 g/mol. The molecular formula is C15H25N3S. The SMILES string of the molecule is CCNC1(c2nc3c(s2)CCCC3)CCN(C)CC1. The molecule has 19 heavy (non-hydrogen) atoms. The molecule has 0 unspecified atom stereocenters. The number of rotatable bonds is 3. The summed E-state index contributed by atoms with van der Waals surface area (Å²) < 4.78 is 0. The zero-order chi connectivity index (χ0) is 13.3. The van der Waals surface area contributed by atoms with Crippen molar-refractivity contribution in [1.82, 2.24) is 15.2 Å². The molecule has 0 atom stereocenters. The van der Waals surface area contributed by atoms with Gasteiger partial charge in [0.1, 0.15) is 5.01 Å². The van der Waals surface area contributed by atoms with E-state index >= 15 is 0 Å². The average Bonchev–Trinajstić information content (AvgIpc) is 2.86. The van der Waals surface area contributed by atoms with Gasteiger partial charge in [0.2, 0.25) is 0 Å². The molecule has 4 heteroatoms. The molecule has 0 radical (unpaired) electrons. The van der Waals surface area contributed by atoms with Gasteiger partial charge in [0, 0.05) is 18.0 Å². The van der Waals surface area contributed by atoms with Gasteiger partial charge in [-0.05, 0) is 52.1 Å². The van der Waals surface area contributed by atoms with Crippen molar-refractivity contribution in [1.29, 1.82) is 0 Å². The number of aromatic nitrogens is 1. The minimum atomic E-state index is 0.156. The third-order valence-corrected chi connectivity index (χ3v) is 5.97. The van der Waals surface area contributed by atoms with Gasteiger partial charge < -0.3 is 10.2 Å². The Balaban J connectivity index is 1.89. The predicted octanol–water partition coefficient (Wildman–Crippen LogP) is 2.55. The van der Waals surface area contributed by atoms with Crippen LogP contribution in [0.1, 0.15) is 48.2 Å². The van der Waals surface area contributed by atoms with E-state index in [0.29, 0.717) is 0 Å². The lowest BCUT2D eigenvalue weighted by Crippen LogP contribution is -2.50. The molecule has 1 N–H and O–H groups in total. The van der Waals surface area contributed by atoms with Gasteiger partial charge in [-0.25, -0.2) is 4.98 Å². The highest BCUT2D eigenvalue weighted by molar-refractivity contribution is 7.11. The number of nitrogens with one attached hydrogen (secondary N) is 1. The van der Waals surface area contributed by atoms with Crippen LogP contribution in [0.15, 0.2) is 0 Å². The Labute approximate surface area is 120 Å². The maximum atomic E-state index is 5.03. The fourth-order valence-electron chi connectivity index (χ4n) is 3.36. The first-order valence-electron chi connectivity index (χ1n) is 7.66. The fourth-order valence-corrected chi connectivity index (χ4v) is 4.73. The van der Waals surface area contributed by atoms with Crippen molar-refractivity contribution < 1.29 is 0 Å². The number of aryl methyl sites for hydroxylation is 2. The highest BCUT2D eigenvalue weighted by Crippen LogP contribution is 2.38. The van der Waals surface area contributed by atoms with Crippen LogP contribution in [0.25, 0.3) is 0 Å². The number of likely N-dealkylation sites (tertiary alicyclic amines) is 1. The Morgan fingerprint density at radius 2 is 2.00 bits per heavy atom. The maximum absolute atomic E-state index is 5.03. The standard InChI is InChI=1S/C15H25N3S/c1-3-16-15(8-10-18(2)11-9-15)14-17-12-6-4-5-7-13(12)19-14/h16H,3-11H2,1-2H3. The molecule has 0 amide bonds. The van der Waals surface area contributed by atoms with E-state index in [9.17, 15) is 0 Å². The summed E-state index contributed by atoms with van der Waals surface area (Å²) in [5.74, 6) is 0. The Morgan fingerprint density at radius 1 is 1.26 bits per heavy atom. The molecule has 0 spiro atoms. The summed E-state index contributed by atoms with van der Waals surface area (Å²) >= 11 is 1.99. The second-order valence-corrected chi connectivity index (χ2v) is 7.10. The molecule has 2 heterocycles. The highest BCUT2D eigenvalue weighted by Gasteiger charge is 2.38. The topological polar surface area (TPSA) is 28.2 Å². The molecule has 2 aliphatic rings. The van der Waals surface area contributed by atoms with Crippen LogP contribution in [-0.4, -0.2) is 36.6 Å². The van der Waals surface area contributed by atoms with Crippen molar-refractivity contribution in [2.45, 2.75) is 51.0 Å². The summed E-state index contributed by atoms with van der Waals surface area (Å²) in [7, 11) is 2.22. The number of fused-ring (bicyclic) bond motifs is 1. The van der Waals surface area contributed by atoms with E-state index in [4.69, 9.17) is 4.98 Å². The van der Waals surface area contributed by atoms with E-state index in [1.807, 2.05) is 11.3 Å². The highest BCUT2D eigenvalue weighted by atomic mass is 32.1. The summed E-state index contributed by atoms with van der Waals surface area (Å²) in [4.78, 5) is 9.03. The van der Waals surface area contributed by atoms with Crippen molar-refractivity contribution in [3.05, 3.63) is 15.6 Å². The van der Waals surface area contributed by atoms with E-state index < -0.39 is 0 Å². The molecule has 0 bridgehead atoms. The van der Waals surface area contributed by atoms with Crippen LogP contribution in [0, 0.1) is 0 Å². The van der Waals surface area contributed by atoms with Crippen LogP contribution < -0.4 is 5.32 Å². The number of thiazole rings is 1. The van der Waals surface area contributed by atoms with E-state index in [1.165, 1.54) is 62.3 Å². The third kappa shape index (κ3) is 2.58. The van der Waals surface area contributed by atoms with Crippen molar-refractivity contribution in [2.24, 2.45) is 0 Å². The zero-order valence-corrected chi connectivity index (χ0v) is 13.0. The number of nitrogens with zero attached hydrogens (tertiary/aromatic N) is 2. The van der Waals surface area contributed by atoms with E-state index in [-0.39, 0.29) is 5.54 Å². The summed E-state index contributed by atoms with van der Waals surface area (Å²) in [5.41, 5.74) is 1.56. The molecule has 3 nitrogen and oxygen atoms in total. The summed E-state index contributed by atoms with van der Waals surface area (Å²) in [5, 5.41) is 5.13. The van der Waals surface area contributed by atoms with E-state index in [1.54, 1.807) is 4.88 Å². The van der Waals surface area contributed by atoms with Gasteiger partial charge in [0.25, 0.3) is 0 Å². The van der Waals surface area contributed by atoms with Crippen molar-refractivity contribution in [2.75, 3.05) is 26.7 Å². The largest absolute Gasteiger partial charge is 0.306 e. The molecule has 1 aliphatic carbocycles. The normalized spacial score (nSPS) is 23.3. The number of hydrogen-bond donors (Lipinski definition) is 1. The molecule has 1 aromatic rings. The molecular weight excluding hydrogens is 254 g/mol. The van der Waals surface area contributed by atoms with Crippen molar-refractivity contribution in [3.63, 3.8) is 0 Å². The quantitative estimate of drug-likeness (QED) is 0.921. The van der Waals surface area contributed by atoms with Crippen LogP contribution in [0.5, 0.6) is 0 Å². The predicted molar refractivity (Wildman–Crippen MR) is 80.8 cm³/mol. The third-order valence-electron chi connectivity index (χ3n) is 4.61. The molecule has 0 aromatic carbocycles. The van der Waals surface area contributed by atoms with Gasteiger partial charge in [0.15, 0.2) is 0 Å². The van der Waals surface area contributed by atoms with Crippen molar-refractivity contribution in [3.8, 4) is 0 Å². The van der Waals surface area contributed by atoms with Gasteiger partial charge in [-0.3, -0.25) is 0 Å². The molecule has 3 rings (SSSR count). The minimum Gasteiger partial charge on any atom is -0.306 e. The lowest BCUT2D eigenvalue weighted by Gasteiger charge is -2.40. The summed E-state index contributed by atoms with van der Waals surface area (Å²) in [6.45, 7) is 5.61. The van der Waals surface area contributed by atoms with Gasteiger partial charge >= 0.3 is 0 Å². The number of piperidine rings is 1. The first kappa shape index (κ1) is 13.5. The van der Waals surface area contributed by atoms with E-state index in [0.717, 1.165) is 6.54 Å². The lowest BCUT2D eigenvalue weighted by atomic mass is 9.88. The van der Waals surface area contributed by atoms with Crippen LogP contribution in [0.3, 0.4) is 0 Å². The van der Waals surface area contributed by atoms with Crippen LogP contribution in [0.2, 0.25) is 0 Å². The van der Waals surface area contributed by atoms with Gasteiger partial charge in [-0.1, -0.05) is 6.92 Å². The second kappa shape index (κ2) is 5.51. The minimum absolute atomic E-state index is 0.156. The van der Waals surface area contributed by atoms with Gasteiger partial charge in [-0.15, -0.1) is 11.3 Å². The fraction of sp³-hybridized carbons (Fsp3) is 0.800. The van der Waals surface area contributed by atoms with Crippen LogP contribution >= 0.6 is 11.3 Å². The van der Waals surface area contributed by atoms with Crippen LogP contribution in [0.4, 0.5) is 0 Å². The first-order chi connectivity index (χ1) is 9.23. The monoisotopic (exact) mass is 279 g/mol. The van der Waals surface area contributed by atoms with E-state index in [2.05, 4.69) is 24.2 Å². The Kier molecular flexibility index (Phi) is 3.92.